The summed E-state index contributed by atoms with van der Waals surface area (Å²) in [6.45, 7) is 7.03. The number of ether oxygens (including phenoxy) is 1. The Hall–Kier alpha value is -3.04. The number of carbonyl (C=O) groups is 4. The van der Waals surface area contributed by atoms with Gasteiger partial charge in [-0.2, -0.15) is 0 Å². The second kappa shape index (κ2) is 9.07. The number of halogens is 2. The highest BCUT2D eigenvalue weighted by atomic mass is 19.1. The van der Waals surface area contributed by atoms with Gasteiger partial charge in [-0.05, 0) is 56.1 Å². The lowest BCUT2D eigenvalue weighted by atomic mass is 9.67. The highest BCUT2D eigenvalue weighted by Crippen LogP contribution is 2.43. The Morgan fingerprint density at radius 1 is 1.24 bits per heavy atom. The molecule has 0 radical (unpaired) electrons. The molecule has 1 spiro atoms. The molecule has 0 aromatic heterocycles. The molecule has 3 rings (SSSR count). The van der Waals surface area contributed by atoms with E-state index in [-0.39, 0.29) is 5.41 Å². The molecule has 1 aliphatic heterocycles. The number of amides is 4. The van der Waals surface area contributed by atoms with Gasteiger partial charge in [0.1, 0.15) is 23.7 Å². The summed E-state index contributed by atoms with van der Waals surface area (Å²) in [6, 6.07) is 1.87. The minimum atomic E-state index is -1.36. The molecular weight excluding hydrogens is 436 g/mol. The van der Waals surface area contributed by atoms with Crippen molar-refractivity contribution in [3.05, 3.63) is 29.8 Å². The topological polar surface area (TPSA) is 105 Å². The van der Waals surface area contributed by atoms with E-state index in [9.17, 15) is 28.0 Å². The fraction of sp³-hybridized carbons (Fsp3) is 0.565. The number of esters is 1. The number of carbonyl (C=O) groups excluding carboxylic acids is 4. The molecule has 1 aromatic carbocycles. The summed E-state index contributed by atoms with van der Waals surface area (Å²) in [5, 5.41) is 4.88. The minimum absolute atomic E-state index is 0.0991. The molecule has 0 bridgehead atoms. The van der Waals surface area contributed by atoms with Gasteiger partial charge in [0.25, 0.3) is 11.8 Å². The van der Waals surface area contributed by atoms with Crippen molar-refractivity contribution in [1.82, 2.24) is 10.2 Å². The molecular formula is C23H29F2N3O5. The molecule has 33 heavy (non-hydrogen) atoms. The average Bonchev–Trinajstić information content (AvgIpc) is 2.94. The largest absolute Gasteiger partial charge is 0.451 e. The van der Waals surface area contributed by atoms with Crippen LogP contribution in [0.2, 0.25) is 0 Å². The zero-order valence-corrected chi connectivity index (χ0v) is 19.2. The van der Waals surface area contributed by atoms with Gasteiger partial charge in [-0.25, -0.2) is 13.6 Å². The Morgan fingerprint density at radius 2 is 1.88 bits per heavy atom. The zero-order chi connectivity index (χ0) is 24.6. The van der Waals surface area contributed by atoms with Gasteiger partial charge in [0.05, 0.1) is 5.69 Å². The first-order chi connectivity index (χ1) is 15.3. The van der Waals surface area contributed by atoms with Crippen molar-refractivity contribution < 1.29 is 32.7 Å². The average molecular weight is 465 g/mol. The van der Waals surface area contributed by atoms with Crippen LogP contribution in [0, 0.1) is 23.0 Å². The van der Waals surface area contributed by atoms with Gasteiger partial charge < -0.3 is 15.4 Å². The number of nitrogens with one attached hydrogen (secondary N) is 2. The van der Waals surface area contributed by atoms with Crippen LogP contribution >= 0.6 is 0 Å². The Bertz CT molecular complexity index is 967. The number of anilines is 1. The predicted octanol–water partition coefficient (Wildman–Crippen LogP) is 3.36. The molecule has 2 N–H and O–H groups in total. The van der Waals surface area contributed by atoms with Crippen molar-refractivity contribution >= 4 is 29.5 Å². The third-order valence-corrected chi connectivity index (χ3v) is 6.46. The smallest absolute Gasteiger partial charge is 0.327 e. The first-order valence-electron chi connectivity index (χ1n) is 10.9. The minimum Gasteiger partial charge on any atom is -0.451 e. The van der Waals surface area contributed by atoms with E-state index in [0.717, 1.165) is 35.9 Å². The Morgan fingerprint density at radius 3 is 2.48 bits per heavy atom. The first kappa shape index (κ1) is 24.6. The number of imide groups is 1. The SMILES string of the molecule is CC(OC(=O)CN1C(=O)NC2(CCC(C(C)(C)C)CC2)C1=O)C(=O)Nc1cc(F)ccc1F. The van der Waals surface area contributed by atoms with Crippen molar-refractivity contribution in [1.29, 1.82) is 0 Å². The summed E-state index contributed by atoms with van der Waals surface area (Å²) < 4.78 is 32.0. The highest BCUT2D eigenvalue weighted by molar-refractivity contribution is 6.08. The van der Waals surface area contributed by atoms with E-state index in [2.05, 4.69) is 31.4 Å². The van der Waals surface area contributed by atoms with Crippen LogP contribution in [0.3, 0.4) is 0 Å². The van der Waals surface area contributed by atoms with Gasteiger partial charge in [0.15, 0.2) is 6.10 Å². The van der Waals surface area contributed by atoms with Crippen LogP contribution in [-0.2, 0) is 19.1 Å². The fourth-order valence-corrected chi connectivity index (χ4v) is 4.38. The summed E-state index contributed by atoms with van der Waals surface area (Å²) in [4.78, 5) is 50.7. The van der Waals surface area contributed by atoms with Crippen LogP contribution in [0.25, 0.3) is 0 Å². The van der Waals surface area contributed by atoms with Gasteiger partial charge in [-0.1, -0.05) is 20.8 Å². The maximum Gasteiger partial charge on any atom is 0.327 e. The van der Waals surface area contributed by atoms with Crippen molar-refractivity contribution in [2.45, 2.75) is 65.0 Å². The molecule has 10 heteroatoms. The van der Waals surface area contributed by atoms with Gasteiger partial charge in [-0.15, -0.1) is 0 Å². The lowest BCUT2D eigenvalue weighted by Gasteiger charge is -2.40. The third kappa shape index (κ3) is 5.31. The van der Waals surface area contributed by atoms with Gasteiger partial charge in [0, 0.05) is 6.07 Å². The molecule has 2 aliphatic rings. The lowest BCUT2D eigenvalue weighted by Crippen LogP contribution is -2.50. The van der Waals surface area contributed by atoms with E-state index in [1.165, 1.54) is 6.92 Å². The molecule has 2 fully saturated rings. The molecule has 1 atom stereocenters. The van der Waals surface area contributed by atoms with Crippen molar-refractivity contribution in [3.63, 3.8) is 0 Å². The Labute approximate surface area is 191 Å². The van der Waals surface area contributed by atoms with Crippen LogP contribution in [0.15, 0.2) is 18.2 Å². The molecule has 1 saturated heterocycles. The number of hydrogen-bond acceptors (Lipinski definition) is 5. The van der Waals surface area contributed by atoms with Crippen LogP contribution in [0.4, 0.5) is 19.3 Å². The standard InChI is InChI=1S/C23H29F2N3O5/c1-13(19(30)26-17-11-15(24)5-6-16(17)25)33-18(29)12-28-20(31)23(27-21(28)32)9-7-14(8-10-23)22(2,3)4/h5-6,11,13-14H,7-10,12H2,1-4H3,(H,26,30)(H,27,32). The van der Waals surface area contributed by atoms with Crippen LogP contribution < -0.4 is 10.6 Å². The lowest BCUT2D eigenvalue weighted by molar-refractivity contribution is -0.155. The van der Waals surface area contributed by atoms with E-state index in [0.29, 0.717) is 18.8 Å². The van der Waals surface area contributed by atoms with Crippen LogP contribution in [0.1, 0.15) is 53.4 Å². The monoisotopic (exact) mass is 465 g/mol. The normalized spacial score (nSPS) is 23.9. The predicted molar refractivity (Wildman–Crippen MR) is 115 cm³/mol. The summed E-state index contributed by atoms with van der Waals surface area (Å²) >= 11 is 0. The van der Waals surface area contributed by atoms with Crippen molar-refractivity contribution in [2.75, 3.05) is 11.9 Å². The number of benzene rings is 1. The van der Waals surface area contributed by atoms with Crippen LogP contribution in [0.5, 0.6) is 0 Å². The van der Waals surface area contributed by atoms with E-state index in [1.807, 2.05) is 0 Å². The Balaban J connectivity index is 1.56. The second-order valence-corrected chi connectivity index (χ2v) is 9.79. The third-order valence-electron chi connectivity index (χ3n) is 6.46. The zero-order valence-electron chi connectivity index (χ0n) is 19.2. The fourth-order valence-electron chi connectivity index (χ4n) is 4.38. The van der Waals surface area contributed by atoms with E-state index < -0.39 is 59.3 Å². The van der Waals surface area contributed by atoms with Gasteiger partial charge in [0.2, 0.25) is 0 Å². The first-order valence-corrected chi connectivity index (χ1v) is 10.9. The summed E-state index contributed by atoms with van der Waals surface area (Å²) in [5.74, 6) is -3.51. The molecule has 1 aliphatic carbocycles. The molecule has 1 heterocycles. The van der Waals surface area contributed by atoms with Crippen molar-refractivity contribution in [2.24, 2.45) is 11.3 Å². The maximum absolute atomic E-state index is 13.7. The summed E-state index contributed by atoms with van der Waals surface area (Å²) in [5.41, 5.74) is -1.32. The molecule has 4 amide bonds. The molecule has 180 valence electrons. The van der Waals surface area contributed by atoms with Crippen molar-refractivity contribution in [3.8, 4) is 0 Å². The maximum atomic E-state index is 13.7. The summed E-state index contributed by atoms with van der Waals surface area (Å²) in [6.07, 6.45) is 1.17. The van der Waals surface area contributed by atoms with Gasteiger partial charge in [-0.3, -0.25) is 19.3 Å². The number of hydrogen-bond donors (Lipinski definition) is 2. The second-order valence-electron chi connectivity index (χ2n) is 9.79. The van der Waals surface area contributed by atoms with E-state index >= 15 is 0 Å². The van der Waals surface area contributed by atoms with E-state index in [1.54, 1.807) is 0 Å². The molecule has 8 nitrogen and oxygen atoms in total. The van der Waals surface area contributed by atoms with E-state index in [4.69, 9.17) is 4.74 Å². The number of rotatable bonds is 5. The molecule has 1 saturated carbocycles. The number of urea groups is 1. The van der Waals surface area contributed by atoms with Gasteiger partial charge >= 0.3 is 12.0 Å². The van der Waals surface area contributed by atoms with Crippen LogP contribution in [-0.4, -0.2) is 46.9 Å². The highest BCUT2D eigenvalue weighted by Gasteiger charge is 2.53. The molecule has 1 unspecified atom stereocenters. The molecule has 1 aromatic rings. The number of nitrogens with zero attached hydrogens (tertiary/aromatic N) is 1. The quantitative estimate of drug-likeness (QED) is 0.513. The summed E-state index contributed by atoms with van der Waals surface area (Å²) in [7, 11) is 0. The Kier molecular flexibility index (Phi) is 6.76.